The SMILES string of the molecule is C=CC(=O)OCC(F)(F)OC(F)(F)C(F)(F)OC(F)(F)OOC(=O)C=C. The summed E-state index contributed by atoms with van der Waals surface area (Å²) in [6, 6.07) is 0. The van der Waals surface area contributed by atoms with Gasteiger partial charge in [0.2, 0.25) is 0 Å². The molecule has 0 radical (unpaired) electrons. The van der Waals surface area contributed by atoms with Crippen LogP contribution in [0.4, 0.5) is 35.1 Å². The number of hydrogen-bond donors (Lipinski definition) is 0. The van der Waals surface area contributed by atoms with E-state index in [1.807, 2.05) is 0 Å². The Kier molecular flexibility index (Phi) is 7.68. The molecule has 0 aliphatic heterocycles. The van der Waals surface area contributed by atoms with Crippen molar-refractivity contribution in [3.8, 4) is 0 Å². The van der Waals surface area contributed by atoms with Crippen LogP contribution in [0.2, 0.25) is 0 Å². The lowest BCUT2D eigenvalue weighted by Gasteiger charge is -2.30. The van der Waals surface area contributed by atoms with Crippen LogP contribution in [0.3, 0.4) is 0 Å². The van der Waals surface area contributed by atoms with Crippen molar-refractivity contribution in [2.75, 3.05) is 6.61 Å². The highest BCUT2D eigenvalue weighted by molar-refractivity contribution is 5.81. The average molecular weight is 404 g/mol. The molecule has 0 fully saturated rings. The van der Waals surface area contributed by atoms with Crippen molar-refractivity contribution in [2.24, 2.45) is 0 Å². The Morgan fingerprint density at radius 2 is 1.27 bits per heavy atom. The Balaban J connectivity index is 5.05. The normalized spacial score (nSPS) is 13.1. The first-order chi connectivity index (χ1) is 11.6. The number of alkyl halides is 8. The predicted octanol–water partition coefficient (Wildman–Crippen LogP) is 2.74. The molecule has 0 heterocycles. The van der Waals surface area contributed by atoms with Gasteiger partial charge in [-0.05, 0) is 0 Å². The van der Waals surface area contributed by atoms with E-state index in [9.17, 15) is 44.7 Å². The molecule has 0 aliphatic carbocycles. The molecule has 0 spiro atoms. The van der Waals surface area contributed by atoms with E-state index in [2.05, 4.69) is 37.1 Å². The second-order valence-corrected chi connectivity index (χ2v) is 3.84. The predicted molar refractivity (Wildman–Crippen MR) is 60.5 cm³/mol. The van der Waals surface area contributed by atoms with Gasteiger partial charge in [0.05, 0.1) is 0 Å². The van der Waals surface area contributed by atoms with Crippen molar-refractivity contribution in [3.05, 3.63) is 25.3 Å². The van der Waals surface area contributed by atoms with Gasteiger partial charge in [-0.1, -0.05) is 18.0 Å². The molecule has 0 amide bonds. The second kappa shape index (κ2) is 8.41. The molecule has 0 rings (SSSR count). The van der Waals surface area contributed by atoms with Crippen molar-refractivity contribution < 1.29 is 68.7 Å². The second-order valence-electron chi connectivity index (χ2n) is 3.84. The molecule has 0 aromatic rings. The van der Waals surface area contributed by atoms with E-state index in [-0.39, 0.29) is 6.08 Å². The fraction of sp³-hybridized carbons (Fsp3) is 0.455. The third kappa shape index (κ3) is 7.75. The average Bonchev–Trinajstić information content (AvgIpc) is 2.48. The number of carbonyl (C=O) groups excluding carboxylic acids is 2. The summed E-state index contributed by atoms with van der Waals surface area (Å²) in [5, 5.41) is 0. The molecule has 0 saturated carbocycles. The van der Waals surface area contributed by atoms with E-state index >= 15 is 0 Å². The fourth-order valence-corrected chi connectivity index (χ4v) is 0.840. The molecule has 0 unspecified atom stereocenters. The highest BCUT2D eigenvalue weighted by Crippen LogP contribution is 2.43. The van der Waals surface area contributed by atoms with Crippen molar-refractivity contribution in [3.63, 3.8) is 0 Å². The van der Waals surface area contributed by atoms with Crippen LogP contribution in [0.5, 0.6) is 0 Å². The van der Waals surface area contributed by atoms with E-state index < -0.39 is 43.2 Å². The molecular formula is C11H8F8O7. The zero-order valence-corrected chi connectivity index (χ0v) is 12.2. The van der Waals surface area contributed by atoms with Crippen LogP contribution < -0.4 is 0 Å². The number of esters is 1. The summed E-state index contributed by atoms with van der Waals surface area (Å²) in [5.41, 5.74) is 0. The van der Waals surface area contributed by atoms with Crippen molar-refractivity contribution in [1.82, 2.24) is 0 Å². The Hall–Kier alpha value is -2.26. The van der Waals surface area contributed by atoms with Gasteiger partial charge in [0.25, 0.3) is 0 Å². The summed E-state index contributed by atoms with van der Waals surface area (Å²) in [6.07, 6.45) is -23.2. The molecule has 7 nitrogen and oxygen atoms in total. The van der Waals surface area contributed by atoms with Crippen LogP contribution in [0.15, 0.2) is 25.3 Å². The van der Waals surface area contributed by atoms with Gasteiger partial charge >= 0.3 is 36.6 Å². The fourth-order valence-electron chi connectivity index (χ4n) is 0.840. The first-order valence-electron chi connectivity index (χ1n) is 5.80. The highest BCUT2D eigenvalue weighted by atomic mass is 19.3. The Bertz CT molecular complexity index is 501. The van der Waals surface area contributed by atoms with Crippen molar-refractivity contribution in [2.45, 2.75) is 24.6 Å². The molecule has 0 aliphatic rings. The Morgan fingerprint density at radius 3 is 1.73 bits per heavy atom. The minimum atomic E-state index is -6.43. The van der Waals surface area contributed by atoms with E-state index in [1.165, 1.54) is 0 Å². The zero-order chi connectivity index (χ0) is 20.8. The molecule has 0 bridgehead atoms. The summed E-state index contributed by atoms with van der Waals surface area (Å²) < 4.78 is 112. The smallest absolute Gasteiger partial charge is 0.453 e. The van der Waals surface area contributed by atoms with Crippen LogP contribution in [0.1, 0.15) is 0 Å². The van der Waals surface area contributed by atoms with Crippen LogP contribution in [-0.2, 0) is 33.6 Å². The summed E-state index contributed by atoms with van der Waals surface area (Å²) in [6.45, 7) is 3.18. The van der Waals surface area contributed by atoms with Crippen LogP contribution in [-0.4, -0.2) is 43.2 Å². The summed E-state index contributed by atoms with van der Waals surface area (Å²) >= 11 is 0. The Morgan fingerprint density at radius 1 is 0.808 bits per heavy atom. The maximum absolute atomic E-state index is 13.0. The molecule has 0 atom stereocenters. The zero-order valence-electron chi connectivity index (χ0n) is 12.2. The van der Waals surface area contributed by atoms with Gasteiger partial charge in [0.1, 0.15) is 0 Å². The molecule has 0 N–H and O–H groups in total. The first kappa shape index (κ1) is 23.7. The van der Waals surface area contributed by atoms with E-state index in [0.717, 1.165) is 0 Å². The van der Waals surface area contributed by atoms with Gasteiger partial charge in [0, 0.05) is 12.2 Å². The van der Waals surface area contributed by atoms with Gasteiger partial charge in [-0.25, -0.2) is 19.1 Å². The summed E-state index contributed by atoms with van der Waals surface area (Å²) in [4.78, 5) is 26.8. The van der Waals surface area contributed by atoms with Gasteiger partial charge in [-0.15, -0.1) is 8.78 Å². The largest absolute Gasteiger partial charge is 0.526 e. The number of carbonyl (C=O) groups is 2. The minimum absolute atomic E-state index is 0.219. The monoisotopic (exact) mass is 404 g/mol. The molecule has 26 heavy (non-hydrogen) atoms. The third-order valence-corrected chi connectivity index (χ3v) is 1.80. The Labute approximate surface area is 138 Å². The van der Waals surface area contributed by atoms with Crippen LogP contribution in [0, 0.1) is 0 Å². The van der Waals surface area contributed by atoms with Gasteiger partial charge in [-0.2, -0.15) is 26.3 Å². The van der Waals surface area contributed by atoms with Crippen LogP contribution in [0.25, 0.3) is 0 Å². The number of rotatable bonds is 11. The lowest BCUT2D eigenvalue weighted by molar-refractivity contribution is -0.581. The minimum Gasteiger partial charge on any atom is -0.453 e. The van der Waals surface area contributed by atoms with E-state index in [0.29, 0.717) is 6.08 Å². The third-order valence-electron chi connectivity index (χ3n) is 1.80. The molecule has 0 aromatic heterocycles. The van der Waals surface area contributed by atoms with Crippen molar-refractivity contribution >= 4 is 11.9 Å². The van der Waals surface area contributed by atoms with Gasteiger partial charge in [0.15, 0.2) is 6.61 Å². The van der Waals surface area contributed by atoms with Gasteiger partial charge < -0.3 is 4.74 Å². The quantitative estimate of drug-likeness (QED) is 0.131. The van der Waals surface area contributed by atoms with E-state index in [1.54, 1.807) is 0 Å². The molecule has 15 heteroatoms. The van der Waals surface area contributed by atoms with E-state index in [4.69, 9.17) is 0 Å². The maximum Gasteiger partial charge on any atom is 0.526 e. The maximum atomic E-state index is 13.0. The summed E-state index contributed by atoms with van der Waals surface area (Å²) in [7, 11) is 0. The van der Waals surface area contributed by atoms with Crippen molar-refractivity contribution in [1.29, 1.82) is 0 Å². The molecule has 0 saturated heterocycles. The topological polar surface area (TPSA) is 80.3 Å². The standard InChI is InChI=1S/C11H8F8O7/c1-3-6(20)22-5-8(12,13)24-9(14,15)10(16,17)25-11(18,19)26-23-7(21)4-2/h3-4H,1-2,5H2. The molecule has 0 aromatic carbocycles. The highest BCUT2D eigenvalue weighted by Gasteiger charge is 2.68. The first-order valence-corrected chi connectivity index (χ1v) is 5.80. The summed E-state index contributed by atoms with van der Waals surface area (Å²) in [5.74, 6) is -3.31. The lowest BCUT2D eigenvalue weighted by Crippen LogP contribution is -2.53. The number of hydrogen-bond acceptors (Lipinski definition) is 7. The van der Waals surface area contributed by atoms with Gasteiger partial charge in [-0.3, -0.25) is 4.89 Å². The number of ether oxygens (including phenoxy) is 3. The molecular weight excluding hydrogens is 396 g/mol. The molecule has 150 valence electrons. The lowest BCUT2D eigenvalue weighted by atomic mass is 10.5. The van der Waals surface area contributed by atoms with Crippen LogP contribution >= 0.6 is 0 Å². The number of halogens is 8.